The van der Waals surface area contributed by atoms with E-state index in [2.05, 4.69) is 28.4 Å². The minimum absolute atomic E-state index is 0.252. The third-order valence-corrected chi connectivity index (χ3v) is 4.53. The number of nitrogens with zero attached hydrogens (tertiary/aromatic N) is 2. The van der Waals surface area contributed by atoms with E-state index in [1.165, 1.54) is 24.6 Å². The molecule has 2 N–H and O–H groups in total. The van der Waals surface area contributed by atoms with Crippen LogP contribution in [0.2, 0.25) is 0 Å². The maximum atomic E-state index is 11.9. The molecule has 7 heteroatoms. The van der Waals surface area contributed by atoms with E-state index in [0.717, 1.165) is 11.3 Å². The molecular weight excluding hydrogens is 356 g/mol. The van der Waals surface area contributed by atoms with Crippen LogP contribution in [0.3, 0.4) is 0 Å². The summed E-state index contributed by atoms with van der Waals surface area (Å²) in [6.07, 6.45) is 5.55. The molecule has 2 amide bonds. The summed E-state index contributed by atoms with van der Waals surface area (Å²) in [5.41, 5.74) is 8.46. The Bertz CT molecular complexity index is 947. The van der Waals surface area contributed by atoms with E-state index in [4.69, 9.17) is 10.00 Å². The molecule has 0 aliphatic heterocycles. The molecule has 0 saturated heterocycles. The zero-order valence-electron chi connectivity index (χ0n) is 15.9. The number of aryl methyl sites for hydroxylation is 1. The lowest BCUT2D eigenvalue weighted by Gasteiger charge is -2.07. The first-order chi connectivity index (χ1) is 13.5. The van der Waals surface area contributed by atoms with Gasteiger partial charge in [-0.2, -0.15) is 5.26 Å². The van der Waals surface area contributed by atoms with Gasteiger partial charge in [0.2, 0.25) is 0 Å². The predicted molar refractivity (Wildman–Crippen MR) is 104 cm³/mol. The van der Waals surface area contributed by atoms with E-state index in [1.54, 1.807) is 30.3 Å². The van der Waals surface area contributed by atoms with Gasteiger partial charge >= 0.3 is 0 Å². The Morgan fingerprint density at radius 2 is 1.96 bits per heavy atom. The Hall–Kier alpha value is -3.53. The highest BCUT2D eigenvalue weighted by Gasteiger charge is 2.26. The molecule has 144 valence electrons. The van der Waals surface area contributed by atoms with Gasteiger partial charge in [-0.25, -0.2) is 0 Å². The van der Waals surface area contributed by atoms with E-state index in [0.29, 0.717) is 17.4 Å². The fourth-order valence-electron chi connectivity index (χ4n) is 3.02. The molecule has 3 rings (SSSR count). The van der Waals surface area contributed by atoms with Crippen molar-refractivity contribution in [2.45, 2.75) is 32.7 Å². The molecule has 0 atom stereocenters. The average Bonchev–Trinajstić information content (AvgIpc) is 3.48. The fourth-order valence-corrected chi connectivity index (χ4v) is 3.02. The number of rotatable bonds is 6. The predicted octanol–water partition coefficient (Wildman–Crippen LogP) is 2.55. The minimum atomic E-state index is -0.488. The number of nitrogens with one attached hydrogen (secondary N) is 2. The normalized spacial score (nSPS) is 13.2. The van der Waals surface area contributed by atoms with Gasteiger partial charge in [-0.1, -0.05) is 0 Å². The lowest BCUT2D eigenvalue weighted by Crippen LogP contribution is -2.43. The third kappa shape index (κ3) is 4.80. The molecule has 0 bridgehead atoms. The highest BCUT2D eigenvalue weighted by atomic mass is 16.5. The first-order valence-electron chi connectivity index (χ1n) is 9.06. The van der Waals surface area contributed by atoms with Gasteiger partial charge < -0.3 is 9.30 Å². The molecule has 1 heterocycles. The van der Waals surface area contributed by atoms with Crippen molar-refractivity contribution in [1.29, 1.82) is 5.26 Å². The molecule has 1 fully saturated rings. The smallest absolute Gasteiger partial charge is 0.276 e. The van der Waals surface area contributed by atoms with Crippen LogP contribution in [-0.2, 0) is 9.59 Å². The van der Waals surface area contributed by atoms with Gasteiger partial charge in [0.15, 0.2) is 6.61 Å². The van der Waals surface area contributed by atoms with Crippen molar-refractivity contribution in [2.75, 3.05) is 6.61 Å². The maximum absolute atomic E-state index is 11.9. The highest BCUT2D eigenvalue weighted by Crippen LogP contribution is 2.38. The summed E-state index contributed by atoms with van der Waals surface area (Å²) in [4.78, 5) is 23.7. The van der Waals surface area contributed by atoms with Gasteiger partial charge in [0.05, 0.1) is 11.6 Å². The van der Waals surface area contributed by atoms with Crippen LogP contribution in [0.1, 0.15) is 41.4 Å². The van der Waals surface area contributed by atoms with Crippen molar-refractivity contribution in [3.63, 3.8) is 0 Å². The van der Waals surface area contributed by atoms with Crippen LogP contribution in [-0.4, -0.2) is 23.0 Å². The number of hydrazine groups is 1. The van der Waals surface area contributed by atoms with E-state index >= 15 is 0 Å². The Morgan fingerprint density at radius 1 is 1.25 bits per heavy atom. The van der Waals surface area contributed by atoms with Gasteiger partial charge in [0, 0.05) is 23.5 Å². The zero-order chi connectivity index (χ0) is 20.1. The minimum Gasteiger partial charge on any atom is -0.484 e. The topological polar surface area (TPSA) is 96.2 Å². The quantitative estimate of drug-likeness (QED) is 0.596. The number of hydrogen-bond donors (Lipinski definition) is 2. The standard InChI is InChI=1S/C21H22N4O3/c1-14-11-17(15(2)25(14)18-6-7-18)5-10-20(26)23-24-21(27)13-28-19-8-3-16(12-22)4-9-19/h3-5,8-11,18H,6-7,13H2,1-2H3,(H,23,26)(H,24,27)/b10-5+. The first kappa shape index (κ1) is 19.2. The van der Waals surface area contributed by atoms with Crippen molar-refractivity contribution in [3.8, 4) is 11.8 Å². The van der Waals surface area contributed by atoms with Crippen molar-refractivity contribution < 1.29 is 14.3 Å². The average molecular weight is 378 g/mol. The fraction of sp³-hybridized carbons (Fsp3) is 0.286. The number of nitriles is 1. The summed E-state index contributed by atoms with van der Waals surface area (Å²) >= 11 is 0. The van der Waals surface area contributed by atoms with Gasteiger partial charge in [0.1, 0.15) is 5.75 Å². The number of benzene rings is 1. The lowest BCUT2D eigenvalue weighted by atomic mass is 10.2. The van der Waals surface area contributed by atoms with E-state index in [1.807, 2.05) is 13.0 Å². The molecule has 1 aromatic heterocycles. The monoisotopic (exact) mass is 378 g/mol. The number of carbonyl (C=O) groups is 2. The first-order valence-corrected chi connectivity index (χ1v) is 9.06. The summed E-state index contributed by atoms with van der Waals surface area (Å²) < 4.78 is 7.60. The molecule has 7 nitrogen and oxygen atoms in total. The molecule has 1 aliphatic carbocycles. The van der Waals surface area contributed by atoms with Crippen LogP contribution in [0.5, 0.6) is 5.75 Å². The largest absolute Gasteiger partial charge is 0.484 e. The lowest BCUT2D eigenvalue weighted by molar-refractivity contribution is -0.128. The Balaban J connectivity index is 1.44. The highest BCUT2D eigenvalue weighted by molar-refractivity contribution is 5.93. The second-order valence-electron chi connectivity index (χ2n) is 6.72. The number of amides is 2. The Labute approximate surface area is 163 Å². The van der Waals surface area contributed by atoms with Crippen LogP contribution >= 0.6 is 0 Å². The van der Waals surface area contributed by atoms with E-state index in [9.17, 15) is 9.59 Å². The van der Waals surface area contributed by atoms with Gasteiger partial charge in [-0.05, 0) is 68.7 Å². The third-order valence-electron chi connectivity index (χ3n) is 4.53. The Morgan fingerprint density at radius 3 is 2.61 bits per heavy atom. The van der Waals surface area contributed by atoms with Crippen LogP contribution in [0.15, 0.2) is 36.4 Å². The summed E-state index contributed by atoms with van der Waals surface area (Å²) in [6, 6.07) is 11.0. The molecule has 0 unspecified atom stereocenters. The molecule has 0 radical (unpaired) electrons. The SMILES string of the molecule is Cc1cc(/C=C/C(=O)NNC(=O)COc2ccc(C#N)cc2)c(C)n1C1CC1. The molecule has 2 aromatic rings. The van der Waals surface area contributed by atoms with E-state index in [-0.39, 0.29) is 6.61 Å². The van der Waals surface area contributed by atoms with Gasteiger partial charge in [-0.15, -0.1) is 0 Å². The number of ether oxygens (including phenoxy) is 1. The van der Waals surface area contributed by atoms with Crippen LogP contribution < -0.4 is 15.6 Å². The summed E-state index contributed by atoms with van der Waals surface area (Å²) in [5.74, 6) is -0.452. The van der Waals surface area contributed by atoms with Crippen LogP contribution in [0.4, 0.5) is 0 Å². The van der Waals surface area contributed by atoms with Crippen LogP contribution in [0.25, 0.3) is 6.08 Å². The van der Waals surface area contributed by atoms with E-state index < -0.39 is 11.8 Å². The summed E-state index contributed by atoms with van der Waals surface area (Å²) in [6.45, 7) is 3.86. The second-order valence-corrected chi connectivity index (χ2v) is 6.72. The number of carbonyl (C=O) groups excluding carboxylic acids is 2. The van der Waals surface area contributed by atoms with Crippen molar-refractivity contribution in [1.82, 2.24) is 15.4 Å². The second kappa shape index (κ2) is 8.44. The summed E-state index contributed by atoms with van der Waals surface area (Å²) in [5, 5.41) is 8.74. The van der Waals surface area contributed by atoms with Gasteiger partial charge in [-0.3, -0.25) is 20.4 Å². The van der Waals surface area contributed by atoms with Gasteiger partial charge in [0.25, 0.3) is 11.8 Å². The molecule has 1 aromatic carbocycles. The van der Waals surface area contributed by atoms with Crippen molar-refractivity contribution in [3.05, 3.63) is 58.9 Å². The maximum Gasteiger partial charge on any atom is 0.276 e. The molecule has 1 saturated carbocycles. The Kier molecular flexibility index (Phi) is 5.80. The van der Waals surface area contributed by atoms with Crippen molar-refractivity contribution in [2.24, 2.45) is 0 Å². The molecule has 0 spiro atoms. The molecule has 28 heavy (non-hydrogen) atoms. The number of hydrogen-bond acceptors (Lipinski definition) is 4. The van der Waals surface area contributed by atoms with Crippen LogP contribution in [0, 0.1) is 25.2 Å². The zero-order valence-corrected chi connectivity index (χ0v) is 15.9. The molecule has 1 aliphatic rings. The van der Waals surface area contributed by atoms with Crippen molar-refractivity contribution >= 4 is 17.9 Å². The number of aromatic nitrogens is 1. The summed E-state index contributed by atoms with van der Waals surface area (Å²) in [7, 11) is 0. The molecular formula is C21H22N4O3.